The van der Waals surface area contributed by atoms with Gasteiger partial charge < -0.3 is 10.1 Å². The lowest BCUT2D eigenvalue weighted by Crippen LogP contribution is -2.26. The number of nitriles is 1. The number of hydrogen-bond acceptors (Lipinski definition) is 5. The van der Waals surface area contributed by atoms with E-state index in [9.17, 15) is 4.79 Å². The van der Waals surface area contributed by atoms with Crippen LogP contribution in [0.3, 0.4) is 0 Å². The lowest BCUT2D eigenvalue weighted by molar-refractivity contribution is -0.144. The van der Waals surface area contributed by atoms with Crippen LogP contribution in [-0.4, -0.2) is 24.6 Å². The zero-order valence-corrected chi connectivity index (χ0v) is 13.2. The Morgan fingerprint density at radius 1 is 1.35 bits per heavy atom. The first-order valence-corrected chi connectivity index (χ1v) is 7.36. The molecule has 5 nitrogen and oxygen atoms in total. The van der Waals surface area contributed by atoms with Gasteiger partial charge in [-0.3, -0.25) is 4.79 Å². The van der Waals surface area contributed by atoms with E-state index in [2.05, 4.69) is 16.4 Å². The molecule has 1 heterocycles. The Morgan fingerprint density at radius 2 is 2.13 bits per heavy atom. The van der Waals surface area contributed by atoms with E-state index in [1.54, 1.807) is 18.2 Å². The highest BCUT2D eigenvalue weighted by atomic mass is 16.5. The lowest BCUT2D eigenvalue weighted by atomic mass is 9.98. The quantitative estimate of drug-likeness (QED) is 0.830. The SMILES string of the molecule is COC(=O)C(CNc1cccc(C#N)n1)Cc1cccc(C)c1. The maximum Gasteiger partial charge on any atom is 0.310 e. The maximum absolute atomic E-state index is 12.0. The molecular formula is C18H19N3O2. The minimum absolute atomic E-state index is 0.268. The molecule has 0 aliphatic heterocycles. The van der Waals surface area contributed by atoms with Crippen molar-refractivity contribution in [2.75, 3.05) is 19.0 Å². The number of methoxy groups -OCH3 is 1. The van der Waals surface area contributed by atoms with Gasteiger partial charge in [0, 0.05) is 6.54 Å². The summed E-state index contributed by atoms with van der Waals surface area (Å²) < 4.78 is 4.90. The summed E-state index contributed by atoms with van der Waals surface area (Å²) in [4.78, 5) is 16.2. The Morgan fingerprint density at radius 3 is 2.83 bits per heavy atom. The summed E-state index contributed by atoms with van der Waals surface area (Å²) in [5.41, 5.74) is 2.58. The highest BCUT2D eigenvalue weighted by Gasteiger charge is 2.20. The molecule has 0 aliphatic carbocycles. The smallest absolute Gasteiger partial charge is 0.310 e. The second kappa shape index (κ2) is 7.95. The molecule has 1 aromatic heterocycles. The molecule has 1 N–H and O–H groups in total. The first-order chi connectivity index (χ1) is 11.1. The first kappa shape index (κ1) is 16.5. The molecule has 0 radical (unpaired) electrons. The average molecular weight is 309 g/mol. The molecule has 0 saturated heterocycles. The van der Waals surface area contributed by atoms with Crippen molar-refractivity contribution in [3.05, 3.63) is 59.3 Å². The largest absolute Gasteiger partial charge is 0.469 e. The molecule has 1 atom stereocenters. The van der Waals surface area contributed by atoms with Gasteiger partial charge >= 0.3 is 5.97 Å². The van der Waals surface area contributed by atoms with Gasteiger partial charge in [0.1, 0.15) is 17.6 Å². The van der Waals surface area contributed by atoms with E-state index in [1.807, 2.05) is 31.2 Å². The van der Waals surface area contributed by atoms with Crippen molar-refractivity contribution < 1.29 is 9.53 Å². The van der Waals surface area contributed by atoms with Gasteiger partial charge in [0.2, 0.25) is 0 Å². The monoisotopic (exact) mass is 309 g/mol. The van der Waals surface area contributed by atoms with Crippen LogP contribution in [0.1, 0.15) is 16.8 Å². The molecule has 0 fully saturated rings. The molecule has 23 heavy (non-hydrogen) atoms. The topological polar surface area (TPSA) is 75.0 Å². The van der Waals surface area contributed by atoms with Gasteiger partial charge in [-0.25, -0.2) is 4.98 Å². The van der Waals surface area contributed by atoms with Crippen molar-refractivity contribution in [2.45, 2.75) is 13.3 Å². The molecule has 5 heteroatoms. The summed E-state index contributed by atoms with van der Waals surface area (Å²) in [5.74, 6) is -0.0213. The van der Waals surface area contributed by atoms with Crippen molar-refractivity contribution in [1.29, 1.82) is 5.26 Å². The third-order valence-corrected chi connectivity index (χ3v) is 3.49. The summed E-state index contributed by atoms with van der Waals surface area (Å²) in [7, 11) is 1.39. The summed E-state index contributed by atoms with van der Waals surface area (Å²) in [6.07, 6.45) is 0.583. The lowest BCUT2D eigenvalue weighted by Gasteiger charge is -2.16. The van der Waals surface area contributed by atoms with Gasteiger partial charge in [-0.15, -0.1) is 0 Å². The van der Waals surface area contributed by atoms with Gasteiger partial charge in [-0.05, 0) is 31.0 Å². The average Bonchev–Trinajstić information content (AvgIpc) is 2.58. The highest BCUT2D eigenvalue weighted by Crippen LogP contribution is 2.14. The third-order valence-electron chi connectivity index (χ3n) is 3.49. The molecule has 0 amide bonds. The van der Waals surface area contributed by atoms with Crippen LogP contribution in [0.2, 0.25) is 0 Å². The predicted octanol–water partition coefficient (Wildman–Crippen LogP) is 2.71. The van der Waals surface area contributed by atoms with Gasteiger partial charge in [-0.1, -0.05) is 35.9 Å². The van der Waals surface area contributed by atoms with Crippen LogP contribution in [-0.2, 0) is 16.0 Å². The standard InChI is InChI=1S/C18H19N3O2/c1-13-5-3-6-14(9-13)10-15(18(22)23-2)12-20-17-8-4-7-16(11-19)21-17/h3-9,15H,10,12H2,1-2H3,(H,20,21). The van der Waals surface area contributed by atoms with E-state index in [-0.39, 0.29) is 11.9 Å². The molecule has 0 aliphatic rings. The van der Waals surface area contributed by atoms with Crippen LogP contribution in [0.5, 0.6) is 0 Å². The molecule has 2 aromatic rings. The number of carbonyl (C=O) groups is 1. The Balaban J connectivity index is 2.07. The minimum atomic E-state index is -0.325. The number of esters is 1. The number of hydrogen-bond donors (Lipinski definition) is 1. The fourth-order valence-corrected chi connectivity index (χ4v) is 2.35. The molecule has 0 spiro atoms. The van der Waals surface area contributed by atoms with Crippen LogP contribution in [0, 0.1) is 24.2 Å². The number of carbonyl (C=O) groups excluding carboxylic acids is 1. The van der Waals surface area contributed by atoms with E-state index in [4.69, 9.17) is 10.00 Å². The number of benzene rings is 1. The van der Waals surface area contributed by atoms with Crippen molar-refractivity contribution in [3.8, 4) is 6.07 Å². The summed E-state index contributed by atoms with van der Waals surface area (Å²) >= 11 is 0. The molecule has 0 bridgehead atoms. The molecule has 1 unspecified atom stereocenters. The van der Waals surface area contributed by atoms with Crippen LogP contribution < -0.4 is 5.32 Å². The fourth-order valence-electron chi connectivity index (χ4n) is 2.35. The van der Waals surface area contributed by atoms with Crippen LogP contribution >= 0.6 is 0 Å². The first-order valence-electron chi connectivity index (χ1n) is 7.36. The van der Waals surface area contributed by atoms with E-state index < -0.39 is 0 Å². The molecular weight excluding hydrogens is 290 g/mol. The zero-order valence-electron chi connectivity index (χ0n) is 13.2. The Kier molecular flexibility index (Phi) is 5.70. The van der Waals surface area contributed by atoms with Crippen molar-refractivity contribution >= 4 is 11.8 Å². The summed E-state index contributed by atoms with van der Waals surface area (Å²) in [6.45, 7) is 2.41. The van der Waals surface area contributed by atoms with E-state index in [1.165, 1.54) is 7.11 Å². The van der Waals surface area contributed by atoms with E-state index in [0.29, 0.717) is 24.5 Å². The fraction of sp³-hybridized carbons (Fsp3) is 0.278. The number of aromatic nitrogens is 1. The maximum atomic E-state index is 12.0. The Bertz CT molecular complexity index is 722. The Labute approximate surface area is 135 Å². The Hall–Kier alpha value is -2.87. The number of nitrogens with one attached hydrogen (secondary N) is 1. The van der Waals surface area contributed by atoms with Crippen molar-refractivity contribution in [1.82, 2.24) is 4.98 Å². The molecule has 118 valence electrons. The van der Waals surface area contributed by atoms with Crippen LogP contribution in [0.4, 0.5) is 5.82 Å². The molecule has 0 saturated carbocycles. The van der Waals surface area contributed by atoms with Gasteiger partial charge in [0.25, 0.3) is 0 Å². The van der Waals surface area contributed by atoms with E-state index >= 15 is 0 Å². The van der Waals surface area contributed by atoms with Gasteiger partial charge in [0.05, 0.1) is 13.0 Å². The van der Waals surface area contributed by atoms with Gasteiger partial charge in [0.15, 0.2) is 0 Å². The summed E-state index contributed by atoms with van der Waals surface area (Å²) in [6, 6.07) is 15.2. The number of nitrogens with zero attached hydrogens (tertiary/aromatic N) is 2. The normalized spacial score (nSPS) is 11.3. The summed E-state index contributed by atoms with van der Waals surface area (Å²) in [5, 5.41) is 12.0. The third kappa shape index (κ3) is 4.82. The van der Waals surface area contributed by atoms with Crippen molar-refractivity contribution in [3.63, 3.8) is 0 Å². The van der Waals surface area contributed by atoms with Crippen LogP contribution in [0.25, 0.3) is 0 Å². The van der Waals surface area contributed by atoms with E-state index in [0.717, 1.165) is 11.1 Å². The van der Waals surface area contributed by atoms with Crippen molar-refractivity contribution in [2.24, 2.45) is 5.92 Å². The molecule has 2 rings (SSSR count). The number of pyridine rings is 1. The number of aryl methyl sites for hydroxylation is 1. The number of ether oxygens (including phenoxy) is 1. The number of rotatable bonds is 6. The highest BCUT2D eigenvalue weighted by molar-refractivity contribution is 5.73. The second-order valence-electron chi connectivity index (χ2n) is 5.31. The number of anilines is 1. The molecule has 1 aromatic carbocycles. The minimum Gasteiger partial charge on any atom is -0.469 e. The predicted molar refractivity (Wildman–Crippen MR) is 87.8 cm³/mol. The van der Waals surface area contributed by atoms with Gasteiger partial charge in [-0.2, -0.15) is 5.26 Å². The second-order valence-corrected chi connectivity index (χ2v) is 5.31. The zero-order chi connectivity index (χ0) is 16.7. The van der Waals surface area contributed by atoms with Crippen LogP contribution in [0.15, 0.2) is 42.5 Å².